The van der Waals surface area contributed by atoms with Gasteiger partial charge in [-0.15, -0.1) is 23.4 Å². The van der Waals surface area contributed by atoms with Gasteiger partial charge < -0.3 is 0 Å². The maximum absolute atomic E-state index is 8.41. The molecule has 2 nitrogen and oxygen atoms in total. The standard InChI is InChI=1S/C8H7ClN2S/c9-5-12-8-4-2-1-3-7(8)11-6-10/h1-4,11H,5H2. The molecule has 0 spiro atoms. The molecule has 0 saturated heterocycles. The summed E-state index contributed by atoms with van der Waals surface area (Å²) in [5, 5.41) is 11.5. The normalized spacial score (nSPS) is 9.00. The molecule has 1 aromatic carbocycles. The summed E-state index contributed by atoms with van der Waals surface area (Å²) in [5.74, 6) is 0. The molecule has 0 unspecified atom stereocenters. The Bertz CT molecular complexity index is 295. The Morgan fingerprint density at radius 1 is 1.50 bits per heavy atom. The van der Waals surface area contributed by atoms with Crippen molar-refractivity contribution in [2.75, 3.05) is 10.5 Å². The van der Waals surface area contributed by atoms with Crippen molar-refractivity contribution in [1.29, 1.82) is 5.26 Å². The van der Waals surface area contributed by atoms with Gasteiger partial charge in [0.25, 0.3) is 0 Å². The van der Waals surface area contributed by atoms with Gasteiger partial charge in [-0.05, 0) is 12.1 Å². The van der Waals surface area contributed by atoms with E-state index in [-0.39, 0.29) is 0 Å². The predicted molar refractivity (Wildman–Crippen MR) is 52.3 cm³/mol. The third kappa shape index (κ3) is 2.33. The zero-order chi connectivity index (χ0) is 8.81. The summed E-state index contributed by atoms with van der Waals surface area (Å²) in [6.07, 6.45) is 1.88. The quantitative estimate of drug-likeness (QED) is 0.351. The van der Waals surface area contributed by atoms with Crippen molar-refractivity contribution in [3.05, 3.63) is 24.3 Å². The van der Waals surface area contributed by atoms with Gasteiger partial charge in [0.15, 0.2) is 6.19 Å². The minimum atomic E-state index is 0.490. The van der Waals surface area contributed by atoms with Gasteiger partial charge in [-0.1, -0.05) is 12.1 Å². The summed E-state index contributed by atoms with van der Waals surface area (Å²) in [6, 6.07) is 7.56. The fourth-order valence-electron chi connectivity index (χ4n) is 0.815. The summed E-state index contributed by atoms with van der Waals surface area (Å²) >= 11 is 7.05. The number of anilines is 1. The first-order chi connectivity index (χ1) is 5.88. The zero-order valence-electron chi connectivity index (χ0n) is 6.25. The molecule has 0 saturated carbocycles. The van der Waals surface area contributed by atoms with Gasteiger partial charge in [0.05, 0.1) is 10.9 Å². The average molecular weight is 199 g/mol. The Balaban J connectivity index is 2.85. The SMILES string of the molecule is N#CNc1ccccc1SCCl. The van der Waals surface area contributed by atoms with E-state index in [2.05, 4.69) is 5.32 Å². The van der Waals surface area contributed by atoms with Gasteiger partial charge in [0.2, 0.25) is 0 Å². The Kier molecular flexibility index (Phi) is 3.78. The summed E-state index contributed by atoms with van der Waals surface area (Å²) < 4.78 is 0. The minimum absolute atomic E-state index is 0.490. The van der Waals surface area contributed by atoms with Crippen LogP contribution in [0.15, 0.2) is 29.2 Å². The highest BCUT2D eigenvalue weighted by Crippen LogP contribution is 2.26. The lowest BCUT2D eigenvalue weighted by Crippen LogP contribution is -1.88. The van der Waals surface area contributed by atoms with E-state index in [1.165, 1.54) is 11.8 Å². The topological polar surface area (TPSA) is 35.8 Å². The lowest BCUT2D eigenvalue weighted by molar-refractivity contribution is 1.40. The Labute approximate surface area is 80.5 Å². The number of rotatable bonds is 3. The van der Waals surface area contributed by atoms with Crippen LogP contribution in [-0.2, 0) is 0 Å². The smallest absolute Gasteiger partial charge is 0.181 e. The van der Waals surface area contributed by atoms with Crippen LogP contribution in [0.25, 0.3) is 0 Å². The van der Waals surface area contributed by atoms with E-state index in [9.17, 15) is 0 Å². The maximum atomic E-state index is 8.41. The van der Waals surface area contributed by atoms with Crippen LogP contribution in [0, 0.1) is 11.5 Å². The Hall–Kier alpha value is -0.850. The lowest BCUT2D eigenvalue weighted by Gasteiger charge is -2.03. The van der Waals surface area contributed by atoms with E-state index in [1.807, 2.05) is 30.5 Å². The van der Waals surface area contributed by atoms with E-state index < -0.39 is 0 Å². The first-order valence-electron chi connectivity index (χ1n) is 3.31. The molecule has 0 heterocycles. The third-order valence-electron chi connectivity index (χ3n) is 1.29. The monoisotopic (exact) mass is 198 g/mol. The van der Waals surface area contributed by atoms with Crippen LogP contribution in [0.1, 0.15) is 0 Å². The molecule has 1 rings (SSSR count). The molecule has 0 radical (unpaired) electrons. The Morgan fingerprint density at radius 3 is 2.92 bits per heavy atom. The number of nitrogens with zero attached hydrogens (tertiary/aromatic N) is 1. The van der Waals surface area contributed by atoms with Gasteiger partial charge in [0, 0.05) is 4.90 Å². The molecule has 0 fully saturated rings. The molecule has 4 heteroatoms. The second kappa shape index (κ2) is 4.91. The molecule has 0 aliphatic carbocycles. The molecular weight excluding hydrogens is 192 g/mol. The van der Waals surface area contributed by atoms with Crippen molar-refractivity contribution >= 4 is 29.1 Å². The number of halogens is 1. The van der Waals surface area contributed by atoms with E-state index in [0.717, 1.165) is 10.6 Å². The number of hydrogen-bond acceptors (Lipinski definition) is 3. The van der Waals surface area contributed by atoms with Crippen molar-refractivity contribution in [3.63, 3.8) is 0 Å². The summed E-state index contributed by atoms with van der Waals surface area (Å²) in [5.41, 5.74) is 0.811. The van der Waals surface area contributed by atoms with Crippen LogP contribution in [0.2, 0.25) is 0 Å². The number of nitriles is 1. The van der Waals surface area contributed by atoms with Gasteiger partial charge in [-0.3, -0.25) is 5.32 Å². The van der Waals surface area contributed by atoms with Gasteiger partial charge in [-0.2, -0.15) is 5.26 Å². The van der Waals surface area contributed by atoms with Gasteiger partial charge in [-0.25, -0.2) is 0 Å². The molecule has 0 aromatic heterocycles. The van der Waals surface area contributed by atoms with E-state index in [1.54, 1.807) is 0 Å². The van der Waals surface area contributed by atoms with Crippen LogP contribution >= 0.6 is 23.4 Å². The first kappa shape index (κ1) is 9.24. The highest BCUT2D eigenvalue weighted by atomic mass is 35.5. The number of nitrogens with one attached hydrogen (secondary N) is 1. The van der Waals surface area contributed by atoms with Crippen molar-refractivity contribution in [2.24, 2.45) is 0 Å². The fraction of sp³-hybridized carbons (Fsp3) is 0.125. The number of thioether (sulfide) groups is 1. The zero-order valence-corrected chi connectivity index (χ0v) is 7.82. The summed E-state index contributed by atoms with van der Waals surface area (Å²) in [4.78, 5) is 0.994. The number of para-hydroxylation sites is 1. The van der Waals surface area contributed by atoms with Crippen LogP contribution in [0.4, 0.5) is 5.69 Å². The molecule has 0 aliphatic rings. The highest BCUT2D eigenvalue weighted by molar-refractivity contribution is 8.00. The van der Waals surface area contributed by atoms with Crippen molar-refractivity contribution < 1.29 is 0 Å². The number of alkyl halides is 1. The van der Waals surface area contributed by atoms with Crippen LogP contribution in [-0.4, -0.2) is 5.21 Å². The fourth-order valence-corrected chi connectivity index (χ4v) is 1.73. The van der Waals surface area contributed by atoms with E-state index in [4.69, 9.17) is 16.9 Å². The second-order valence-corrected chi connectivity index (χ2v) is 3.59. The van der Waals surface area contributed by atoms with Crippen LogP contribution in [0.5, 0.6) is 0 Å². The van der Waals surface area contributed by atoms with Crippen molar-refractivity contribution in [3.8, 4) is 6.19 Å². The second-order valence-electron chi connectivity index (χ2n) is 1.99. The molecule has 0 bridgehead atoms. The third-order valence-corrected chi connectivity index (χ3v) is 2.39. The van der Waals surface area contributed by atoms with Crippen molar-refractivity contribution in [1.82, 2.24) is 0 Å². The first-order valence-corrected chi connectivity index (χ1v) is 4.83. The number of hydrogen-bond donors (Lipinski definition) is 1. The molecule has 0 amide bonds. The molecular formula is C8H7ClN2S. The maximum Gasteiger partial charge on any atom is 0.181 e. The molecule has 0 aliphatic heterocycles. The van der Waals surface area contributed by atoms with Gasteiger partial charge >= 0.3 is 0 Å². The van der Waals surface area contributed by atoms with Gasteiger partial charge in [0.1, 0.15) is 0 Å². The molecule has 62 valence electrons. The predicted octanol–water partition coefficient (Wildman–Crippen LogP) is 2.87. The summed E-state index contributed by atoms with van der Waals surface area (Å²) in [7, 11) is 0. The van der Waals surface area contributed by atoms with Crippen molar-refractivity contribution in [2.45, 2.75) is 4.90 Å². The molecule has 0 atom stereocenters. The molecule has 1 aromatic rings. The number of benzene rings is 1. The lowest BCUT2D eigenvalue weighted by atomic mass is 10.3. The van der Waals surface area contributed by atoms with E-state index >= 15 is 0 Å². The average Bonchev–Trinajstić information content (AvgIpc) is 2.09. The molecule has 1 N–H and O–H groups in total. The van der Waals surface area contributed by atoms with Crippen LogP contribution in [0.3, 0.4) is 0 Å². The Morgan fingerprint density at radius 2 is 2.25 bits per heavy atom. The molecule has 12 heavy (non-hydrogen) atoms. The highest BCUT2D eigenvalue weighted by Gasteiger charge is 1.98. The minimum Gasteiger partial charge on any atom is -0.292 e. The van der Waals surface area contributed by atoms with E-state index in [0.29, 0.717) is 5.21 Å². The van der Waals surface area contributed by atoms with Crippen LogP contribution < -0.4 is 5.32 Å². The summed E-state index contributed by atoms with van der Waals surface area (Å²) in [6.45, 7) is 0. The largest absolute Gasteiger partial charge is 0.292 e.